The topological polar surface area (TPSA) is 12.5 Å². The van der Waals surface area contributed by atoms with Crippen LogP contribution in [0.4, 0.5) is 17.1 Å². The lowest BCUT2D eigenvalue weighted by molar-refractivity contribution is 0.487. The first-order valence-corrected chi connectivity index (χ1v) is 16.3. The van der Waals surface area contributed by atoms with Gasteiger partial charge in [-0.3, -0.25) is 0 Å². The van der Waals surface area contributed by atoms with E-state index in [1.165, 1.54) is 44.3 Å². The van der Waals surface area contributed by atoms with Crippen LogP contribution in [-0.4, -0.2) is 0 Å². The van der Waals surface area contributed by atoms with Gasteiger partial charge in [0.15, 0.2) is 0 Å². The molecule has 8 aromatic carbocycles. The Balaban J connectivity index is 1.20. The molecule has 2 heteroatoms. The van der Waals surface area contributed by atoms with Crippen molar-refractivity contribution in [3.05, 3.63) is 188 Å². The minimum atomic E-state index is 0.864. The number of benzene rings is 8. The highest BCUT2D eigenvalue weighted by molar-refractivity contribution is 6.07. The molecule has 1 heterocycles. The van der Waals surface area contributed by atoms with Crippen molar-refractivity contribution in [1.82, 2.24) is 0 Å². The van der Waals surface area contributed by atoms with Crippen LogP contribution in [-0.2, 0) is 0 Å². The molecule has 0 unspecified atom stereocenters. The maximum Gasteiger partial charge on any atom is 0.135 e. The average Bonchev–Trinajstić information content (AvgIpc) is 3.17. The van der Waals surface area contributed by atoms with Gasteiger partial charge in [0, 0.05) is 28.0 Å². The van der Waals surface area contributed by atoms with Gasteiger partial charge < -0.3 is 9.64 Å². The van der Waals surface area contributed by atoms with Crippen LogP contribution in [0.25, 0.3) is 55.3 Å². The second-order valence-electron chi connectivity index (χ2n) is 12.2. The first-order chi connectivity index (χ1) is 23.8. The lowest BCUT2D eigenvalue weighted by Gasteiger charge is -2.28. The largest absolute Gasteiger partial charge is 0.456 e. The third-order valence-electron chi connectivity index (χ3n) is 9.24. The van der Waals surface area contributed by atoms with Gasteiger partial charge in [0.2, 0.25) is 0 Å². The molecule has 1 aliphatic rings. The molecule has 0 spiro atoms. The Hall–Kier alpha value is -6.38. The summed E-state index contributed by atoms with van der Waals surface area (Å²) in [5, 5.41) is 2.32. The molecule has 2 nitrogen and oxygen atoms in total. The minimum absolute atomic E-state index is 0.864. The monoisotopic (exact) mass is 613 g/mol. The molecule has 8 aromatic rings. The maximum absolute atomic E-state index is 6.55. The van der Waals surface area contributed by atoms with Crippen LogP contribution >= 0.6 is 0 Å². The van der Waals surface area contributed by atoms with Gasteiger partial charge in [-0.25, -0.2) is 0 Å². The summed E-state index contributed by atoms with van der Waals surface area (Å²) in [4.78, 5) is 2.34. The van der Waals surface area contributed by atoms with E-state index < -0.39 is 0 Å². The lowest BCUT2D eigenvalue weighted by atomic mass is 9.90. The molecule has 48 heavy (non-hydrogen) atoms. The number of fused-ring (bicyclic) bond motifs is 2. The van der Waals surface area contributed by atoms with E-state index in [1.807, 2.05) is 0 Å². The molecule has 1 aliphatic heterocycles. The molecule has 0 saturated carbocycles. The summed E-state index contributed by atoms with van der Waals surface area (Å²) in [5.74, 6) is 1.76. The first-order valence-electron chi connectivity index (χ1n) is 16.3. The van der Waals surface area contributed by atoms with Gasteiger partial charge >= 0.3 is 0 Å². The molecular weight excluding hydrogens is 583 g/mol. The number of hydrogen-bond donors (Lipinski definition) is 0. The smallest absolute Gasteiger partial charge is 0.135 e. The first kappa shape index (κ1) is 27.9. The standard InChI is InChI=1S/C46H31NO/c1-4-11-32(12-5-1)35-19-23-39(24-20-35)47(40-25-21-36(22-26-40)33-13-6-2-7-14-33)41-27-28-44-42(31-41)43-30-38(34-15-8-3-9-16-34)29-37-17-10-18-45(48-44)46(37)43/h1-31H. The average molecular weight is 614 g/mol. The van der Waals surface area contributed by atoms with Crippen molar-refractivity contribution in [1.29, 1.82) is 0 Å². The molecule has 0 fully saturated rings. The number of hydrogen-bond acceptors (Lipinski definition) is 2. The Morgan fingerprint density at radius 3 is 1.38 bits per heavy atom. The molecule has 0 aromatic heterocycles. The molecule has 0 bridgehead atoms. The molecule has 0 N–H and O–H groups in total. The van der Waals surface area contributed by atoms with E-state index in [0.717, 1.165) is 39.5 Å². The van der Waals surface area contributed by atoms with Crippen LogP contribution < -0.4 is 9.64 Å². The molecule has 0 saturated heterocycles. The van der Waals surface area contributed by atoms with E-state index in [4.69, 9.17) is 4.74 Å². The van der Waals surface area contributed by atoms with Crippen molar-refractivity contribution in [2.75, 3.05) is 4.90 Å². The van der Waals surface area contributed by atoms with Crippen molar-refractivity contribution in [2.45, 2.75) is 0 Å². The third-order valence-corrected chi connectivity index (χ3v) is 9.24. The SMILES string of the molecule is c1ccc(-c2ccc(N(c3ccc(-c4ccccc4)cc3)c3ccc4c(c3)-c3cc(-c5ccccc5)cc5cccc(c35)O4)cc2)cc1. The highest BCUT2D eigenvalue weighted by Crippen LogP contribution is 2.50. The predicted molar refractivity (Wildman–Crippen MR) is 200 cm³/mol. The quantitative estimate of drug-likeness (QED) is 0.185. The van der Waals surface area contributed by atoms with Gasteiger partial charge in [-0.05, 0) is 105 Å². The minimum Gasteiger partial charge on any atom is -0.456 e. The Morgan fingerprint density at radius 2 is 0.812 bits per heavy atom. The molecule has 9 rings (SSSR count). The Bertz CT molecular complexity index is 2300. The summed E-state index contributed by atoms with van der Waals surface area (Å²) in [6.07, 6.45) is 0. The highest BCUT2D eigenvalue weighted by atomic mass is 16.5. The summed E-state index contributed by atoms with van der Waals surface area (Å²) in [6.45, 7) is 0. The molecule has 226 valence electrons. The van der Waals surface area contributed by atoms with Crippen LogP contribution in [0.3, 0.4) is 0 Å². The van der Waals surface area contributed by atoms with Crippen molar-refractivity contribution >= 4 is 27.8 Å². The van der Waals surface area contributed by atoms with Crippen LogP contribution in [0, 0.1) is 0 Å². The fraction of sp³-hybridized carbons (Fsp3) is 0. The number of anilines is 3. The van der Waals surface area contributed by atoms with Crippen LogP contribution in [0.5, 0.6) is 11.5 Å². The van der Waals surface area contributed by atoms with E-state index >= 15 is 0 Å². The number of ether oxygens (including phenoxy) is 1. The van der Waals surface area contributed by atoms with E-state index in [1.54, 1.807) is 0 Å². The lowest BCUT2D eigenvalue weighted by Crippen LogP contribution is -2.10. The zero-order valence-corrected chi connectivity index (χ0v) is 26.3. The summed E-state index contributed by atoms with van der Waals surface area (Å²) in [6, 6.07) is 66.9. The Kier molecular flexibility index (Phi) is 6.84. The van der Waals surface area contributed by atoms with E-state index in [-0.39, 0.29) is 0 Å². The summed E-state index contributed by atoms with van der Waals surface area (Å²) in [5.41, 5.74) is 12.7. The fourth-order valence-corrected chi connectivity index (χ4v) is 6.88. The normalized spacial score (nSPS) is 11.5. The Morgan fingerprint density at radius 1 is 0.312 bits per heavy atom. The summed E-state index contributed by atoms with van der Waals surface area (Å²) in [7, 11) is 0. The van der Waals surface area contributed by atoms with Crippen LogP contribution in [0.2, 0.25) is 0 Å². The van der Waals surface area contributed by atoms with Crippen molar-refractivity contribution < 1.29 is 4.74 Å². The van der Waals surface area contributed by atoms with Gasteiger partial charge in [-0.1, -0.05) is 127 Å². The van der Waals surface area contributed by atoms with E-state index in [2.05, 4.69) is 193 Å². The van der Waals surface area contributed by atoms with Crippen LogP contribution in [0.1, 0.15) is 0 Å². The second kappa shape index (κ2) is 11.8. The zero-order chi connectivity index (χ0) is 31.9. The molecule has 0 radical (unpaired) electrons. The second-order valence-corrected chi connectivity index (χ2v) is 12.2. The maximum atomic E-state index is 6.55. The Labute approximate surface area is 280 Å². The van der Waals surface area contributed by atoms with Crippen molar-refractivity contribution in [2.24, 2.45) is 0 Å². The van der Waals surface area contributed by atoms with Crippen molar-refractivity contribution in [3.63, 3.8) is 0 Å². The van der Waals surface area contributed by atoms with Crippen molar-refractivity contribution in [3.8, 4) is 56.0 Å². The molecular formula is C46H31NO. The molecule has 0 aliphatic carbocycles. The van der Waals surface area contributed by atoms with Gasteiger partial charge in [-0.2, -0.15) is 0 Å². The van der Waals surface area contributed by atoms with Gasteiger partial charge in [0.05, 0.1) is 0 Å². The highest BCUT2D eigenvalue weighted by Gasteiger charge is 2.23. The van der Waals surface area contributed by atoms with E-state index in [0.29, 0.717) is 0 Å². The third kappa shape index (κ3) is 5.01. The molecule has 0 amide bonds. The van der Waals surface area contributed by atoms with Gasteiger partial charge in [0.1, 0.15) is 11.5 Å². The number of rotatable bonds is 6. The van der Waals surface area contributed by atoms with Gasteiger partial charge in [0.25, 0.3) is 0 Å². The predicted octanol–water partition coefficient (Wildman–Crippen LogP) is 13.1. The zero-order valence-electron chi connectivity index (χ0n) is 26.3. The fourth-order valence-electron chi connectivity index (χ4n) is 6.88. The van der Waals surface area contributed by atoms with E-state index in [9.17, 15) is 0 Å². The van der Waals surface area contributed by atoms with Crippen LogP contribution in [0.15, 0.2) is 188 Å². The molecule has 0 atom stereocenters. The summed E-state index contributed by atoms with van der Waals surface area (Å²) < 4.78 is 6.55. The van der Waals surface area contributed by atoms with Gasteiger partial charge in [-0.15, -0.1) is 0 Å². The number of nitrogens with zero attached hydrogens (tertiary/aromatic N) is 1. The summed E-state index contributed by atoms with van der Waals surface area (Å²) >= 11 is 0.